The van der Waals surface area contributed by atoms with E-state index in [4.69, 9.17) is 5.73 Å². The number of aryl methyl sites for hydroxylation is 1. The quantitative estimate of drug-likeness (QED) is 0.813. The second kappa shape index (κ2) is 6.15. The highest BCUT2D eigenvalue weighted by Crippen LogP contribution is 2.20. The molecule has 1 aliphatic rings. The van der Waals surface area contributed by atoms with Gasteiger partial charge in [0.25, 0.3) is 0 Å². The van der Waals surface area contributed by atoms with Gasteiger partial charge in [0, 0.05) is 45.2 Å². The Hall–Kier alpha value is -0.900. The average molecular weight is 233 g/mol. The van der Waals surface area contributed by atoms with Crippen molar-refractivity contribution in [1.82, 2.24) is 10.2 Å². The SMILES string of the molecule is Cc1ccccc1C(CN)CN1CCNCC1. The van der Waals surface area contributed by atoms with E-state index >= 15 is 0 Å². The summed E-state index contributed by atoms with van der Waals surface area (Å²) in [6.07, 6.45) is 0. The van der Waals surface area contributed by atoms with Gasteiger partial charge in [-0.2, -0.15) is 0 Å². The molecule has 94 valence electrons. The normalized spacial score (nSPS) is 19.2. The number of benzene rings is 1. The summed E-state index contributed by atoms with van der Waals surface area (Å²) in [5.74, 6) is 0.467. The summed E-state index contributed by atoms with van der Waals surface area (Å²) in [6.45, 7) is 8.48. The van der Waals surface area contributed by atoms with E-state index in [9.17, 15) is 0 Å². The van der Waals surface area contributed by atoms with Gasteiger partial charge < -0.3 is 16.0 Å². The van der Waals surface area contributed by atoms with Crippen LogP contribution in [0.15, 0.2) is 24.3 Å². The molecule has 0 radical (unpaired) electrons. The van der Waals surface area contributed by atoms with Crippen molar-refractivity contribution in [3.63, 3.8) is 0 Å². The van der Waals surface area contributed by atoms with Crippen LogP contribution in [0.4, 0.5) is 0 Å². The van der Waals surface area contributed by atoms with Crippen LogP contribution in [0.1, 0.15) is 17.0 Å². The molecule has 0 bridgehead atoms. The monoisotopic (exact) mass is 233 g/mol. The predicted octanol–water partition coefficient (Wildman–Crippen LogP) is 0.943. The van der Waals surface area contributed by atoms with Crippen molar-refractivity contribution >= 4 is 0 Å². The number of nitrogens with one attached hydrogen (secondary N) is 1. The Bertz CT molecular complexity index is 345. The van der Waals surface area contributed by atoms with Crippen LogP contribution in [0.3, 0.4) is 0 Å². The molecular formula is C14H23N3. The van der Waals surface area contributed by atoms with E-state index in [1.165, 1.54) is 11.1 Å². The third-order valence-corrected chi connectivity index (χ3v) is 3.60. The van der Waals surface area contributed by atoms with Gasteiger partial charge in [0.2, 0.25) is 0 Å². The summed E-state index contributed by atoms with van der Waals surface area (Å²) in [5.41, 5.74) is 8.72. The Morgan fingerprint density at radius 1 is 1.29 bits per heavy atom. The van der Waals surface area contributed by atoms with Crippen LogP contribution in [0.25, 0.3) is 0 Å². The third-order valence-electron chi connectivity index (χ3n) is 3.60. The molecule has 1 saturated heterocycles. The molecule has 0 saturated carbocycles. The Morgan fingerprint density at radius 2 is 2.00 bits per heavy atom. The lowest BCUT2D eigenvalue weighted by molar-refractivity contribution is 0.228. The van der Waals surface area contributed by atoms with Gasteiger partial charge >= 0.3 is 0 Å². The lowest BCUT2D eigenvalue weighted by Crippen LogP contribution is -2.45. The lowest BCUT2D eigenvalue weighted by Gasteiger charge is -2.31. The molecule has 3 nitrogen and oxygen atoms in total. The largest absolute Gasteiger partial charge is 0.330 e. The number of nitrogens with two attached hydrogens (primary N) is 1. The second-order valence-corrected chi connectivity index (χ2v) is 4.84. The van der Waals surface area contributed by atoms with Crippen molar-refractivity contribution in [3.05, 3.63) is 35.4 Å². The summed E-state index contributed by atoms with van der Waals surface area (Å²) in [7, 11) is 0. The molecule has 1 heterocycles. The summed E-state index contributed by atoms with van der Waals surface area (Å²) in [6, 6.07) is 8.60. The molecule has 3 heteroatoms. The maximum atomic E-state index is 5.95. The van der Waals surface area contributed by atoms with Gasteiger partial charge in [-0.15, -0.1) is 0 Å². The molecule has 1 atom stereocenters. The van der Waals surface area contributed by atoms with E-state index in [0.717, 1.165) is 39.3 Å². The maximum Gasteiger partial charge on any atom is 0.0108 e. The van der Waals surface area contributed by atoms with Crippen LogP contribution >= 0.6 is 0 Å². The van der Waals surface area contributed by atoms with E-state index in [0.29, 0.717) is 5.92 Å². The molecule has 1 aliphatic heterocycles. The van der Waals surface area contributed by atoms with E-state index in [-0.39, 0.29) is 0 Å². The van der Waals surface area contributed by atoms with Gasteiger partial charge in [-0.05, 0) is 18.1 Å². The highest BCUT2D eigenvalue weighted by Gasteiger charge is 2.17. The summed E-state index contributed by atoms with van der Waals surface area (Å²) in [4.78, 5) is 2.51. The average Bonchev–Trinajstić information content (AvgIpc) is 2.38. The van der Waals surface area contributed by atoms with E-state index in [1.54, 1.807) is 0 Å². The molecule has 0 amide bonds. The van der Waals surface area contributed by atoms with Crippen LogP contribution in [0.2, 0.25) is 0 Å². The van der Waals surface area contributed by atoms with Crippen molar-refractivity contribution in [2.45, 2.75) is 12.8 Å². The third kappa shape index (κ3) is 3.28. The van der Waals surface area contributed by atoms with E-state index < -0.39 is 0 Å². The van der Waals surface area contributed by atoms with Gasteiger partial charge in [0.05, 0.1) is 0 Å². The molecule has 2 rings (SSSR count). The van der Waals surface area contributed by atoms with E-state index in [1.807, 2.05) is 0 Å². The zero-order valence-electron chi connectivity index (χ0n) is 10.7. The number of piperazine rings is 1. The fourth-order valence-electron chi connectivity index (χ4n) is 2.55. The lowest BCUT2D eigenvalue weighted by atomic mass is 9.94. The first kappa shape index (κ1) is 12.6. The van der Waals surface area contributed by atoms with Crippen molar-refractivity contribution in [1.29, 1.82) is 0 Å². The van der Waals surface area contributed by atoms with Gasteiger partial charge in [-0.1, -0.05) is 24.3 Å². The number of rotatable bonds is 4. The Balaban J connectivity index is 2.03. The number of nitrogens with zero attached hydrogens (tertiary/aromatic N) is 1. The standard InChI is InChI=1S/C14H23N3/c1-12-4-2-3-5-14(12)13(10-15)11-17-8-6-16-7-9-17/h2-5,13,16H,6-11,15H2,1H3. The first-order valence-corrected chi connectivity index (χ1v) is 6.50. The molecule has 0 aromatic heterocycles. The van der Waals surface area contributed by atoms with Crippen LogP contribution in [0.5, 0.6) is 0 Å². The van der Waals surface area contributed by atoms with Crippen LogP contribution in [-0.2, 0) is 0 Å². The fourth-order valence-corrected chi connectivity index (χ4v) is 2.55. The maximum absolute atomic E-state index is 5.95. The molecule has 0 aliphatic carbocycles. The first-order chi connectivity index (χ1) is 8.31. The minimum Gasteiger partial charge on any atom is -0.330 e. The molecule has 17 heavy (non-hydrogen) atoms. The summed E-state index contributed by atoms with van der Waals surface area (Å²) in [5, 5.41) is 3.38. The van der Waals surface area contributed by atoms with Crippen molar-refractivity contribution in [2.24, 2.45) is 5.73 Å². The molecule has 3 N–H and O–H groups in total. The molecule has 1 aromatic carbocycles. The highest BCUT2D eigenvalue weighted by atomic mass is 15.2. The second-order valence-electron chi connectivity index (χ2n) is 4.84. The van der Waals surface area contributed by atoms with Gasteiger partial charge in [-0.3, -0.25) is 0 Å². The van der Waals surface area contributed by atoms with Gasteiger partial charge in [0.1, 0.15) is 0 Å². The Labute approximate surface area is 104 Å². The van der Waals surface area contributed by atoms with Crippen LogP contribution < -0.4 is 11.1 Å². The Kier molecular flexibility index (Phi) is 4.54. The number of hydrogen-bond donors (Lipinski definition) is 2. The molecular weight excluding hydrogens is 210 g/mol. The zero-order chi connectivity index (χ0) is 12.1. The molecule has 1 unspecified atom stereocenters. The van der Waals surface area contributed by atoms with Crippen LogP contribution in [-0.4, -0.2) is 44.2 Å². The minimum atomic E-state index is 0.467. The summed E-state index contributed by atoms with van der Waals surface area (Å²) >= 11 is 0. The smallest absolute Gasteiger partial charge is 0.0108 e. The first-order valence-electron chi connectivity index (χ1n) is 6.50. The highest BCUT2D eigenvalue weighted by molar-refractivity contribution is 5.29. The van der Waals surface area contributed by atoms with Crippen LogP contribution in [0, 0.1) is 6.92 Å². The zero-order valence-corrected chi connectivity index (χ0v) is 10.7. The molecule has 1 aromatic rings. The van der Waals surface area contributed by atoms with Crippen molar-refractivity contribution in [3.8, 4) is 0 Å². The Morgan fingerprint density at radius 3 is 2.65 bits per heavy atom. The summed E-state index contributed by atoms with van der Waals surface area (Å²) < 4.78 is 0. The van der Waals surface area contributed by atoms with Gasteiger partial charge in [-0.25, -0.2) is 0 Å². The van der Waals surface area contributed by atoms with Crippen molar-refractivity contribution in [2.75, 3.05) is 39.3 Å². The van der Waals surface area contributed by atoms with E-state index in [2.05, 4.69) is 41.4 Å². The van der Waals surface area contributed by atoms with Gasteiger partial charge in [0.15, 0.2) is 0 Å². The molecule has 1 fully saturated rings. The predicted molar refractivity (Wildman–Crippen MR) is 72.3 cm³/mol. The van der Waals surface area contributed by atoms with Crippen molar-refractivity contribution < 1.29 is 0 Å². The number of hydrogen-bond acceptors (Lipinski definition) is 3. The topological polar surface area (TPSA) is 41.3 Å². The molecule has 0 spiro atoms. The fraction of sp³-hybridized carbons (Fsp3) is 0.571. The minimum absolute atomic E-state index is 0.467.